The molecule has 0 bridgehead atoms. The molecular formula is C17H29N. The molecule has 102 valence electrons. The number of benzene rings is 1. The zero-order valence-corrected chi connectivity index (χ0v) is 12.7. The highest BCUT2D eigenvalue weighted by Gasteiger charge is 2.13. The van der Waals surface area contributed by atoms with Crippen molar-refractivity contribution in [2.45, 2.75) is 64.8 Å². The number of rotatable bonds is 6. The van der Waals surface area contributed by atoms with Crippen LogP contribution in [0.1, 0.15) is 58.1 Å². The topological polar surface area (TPSA) is 12.0 Å². The average Bonchev–Trinajstić information content (AvgIpc) is 2.34. The first kappa shape index (κ1) is 15.2. The number of unbranched alkanes of at least 4 members (excludes halogenated alkanes) is 1. The van der Waals surface area contributed by atoms with Crippen molar-refractivity contribution in [3.05, 3.63) is 35.4 Å². The summed E-state index contributed by atoms with van der Waals surface area (Å²) in [6.07, 6.45) is 5.00. The van der Waals surface area contributed by atoms with Gasteiger partial charge in [-0.3, -0.25) is 0 Å². The summed E-state index contributed by atoms with van der Waals surface area (Å²) in [6.45, 7) is 9.05. The van der Waals surface area contributed by atoms with Crippen LogP contribution in [0.15, 0.2) is 24.3 Å². The van der Waals surface area contributed by atoms with Crippen LogP contribution in [0.5, 0.6) is 0 Å². The predicted molar refractivity (Wildman–Crippen MR) is 81.2 cm³/mol. The Bertz CT molecular complexity index is 332. The minimum atomic E-state index is 0.253. The minimum Gasteiger partial charge on any atom is -0.317 e. The first-order valence-electron chi connectivity index (χ1n) is 7.24. The summed E-state index contributed by atoms with van der Waals surface area (Å²) in [5.41, 5.74) is 3.11. The molecular weight excluding hydrogens is 218 g/mol. The van der Waals surface area contributed by atoms with Gasteiger partial charge < -0.3 is 5.32 Å². The van der Waals surface area contributed by atoms with Gasteiger partial charge in [0.15, 0.2) is 0 Å². The molecule has 1 N–H and O–H groups in total. The first-order valence-corrected chi connectivity index (χ1v) is 7.24. The molecule has 0 heterocycles. The molecule has 1 aromatic rings. The molecule has 1 rings (SSSR count). The molecule has 0 aliphatic rings. The van der Waals surface area contributed by atoms with Gasteiger partial charge in [0, 0.05) is 6.04 Å². The van der Waals surface area contributed by atoms with Crippen molar-refractivity contribution in [1.82, 2.24) is 5.32 Å². The summed E-state index contributed by atoms with van der Waals surface area (Å²) in [7, 11) is 2.07. The van der Waals surface area contributed by atoms with E-state index in [-0.39, 0.29) is 5.41 Å². The molecule has 0 radical (unpaired) electrons. The highest BCUT2D eigenvalue weighted by atomic mass is 14.9. The van der Waals surface area contributed by atoms with Crippen LogP contribution < -0.4 is 5.32 Å². The lowest BCUT2D eigenvalue weighted by molar-refractivity contribution is 0.498. The van der Waals surface area contributed by atoms with E-state index >= 15 is 0 Å². The van der Waals surface area contributed by atoms with Gasteiger partial charge in [0.25, 0.3) is 0 Å². The fourth-order valence-electron chi connectivity index (χ4n) is 2.22. The molecule has 0 saturated heterocycles. The van der Waals surface area contributed by atoms with E-state index in [4.69, 9.17) is 0 Å². The van der Waals surface area contributed by atoms with E-state index in [0.29, 0.717) is 6.04 Å². The lowest BCUT2D eigenvalue weighted by Crippen LogP contribution is -2.27. The summed E-state index contributed by atoms with van der Waals surface area (Å²) in [4.78, 5) is 0. The maximum atomic E-state index is 3.43. The monoisotopic (exact) mass is 247 g/mol. The highest BCUT2D eigenvalue weighted by molar-refractivity contribution is 5.27. The molecule has 1 unspecified atom stereocenters. The Morgan fingerprint density at radius 2 is 1.72 bits per heavy atom. The van der Waals surface area contributed by atoms with Gasteiger partial charge in [-0.25, -0.2) is 0 Å². The summed E-state index contributed by atoms with van der Waals surface area (Å²) in [5.74, 6) is 0. The standard InChI is InChI=1S/C17H29N/c1-6-7-8-16(18-5)13-14-9-11-15(12-10-14)17(2,3)4/h9-12,16,18H,6-8,13H2,1-5H3. The Labute approximate surface area is 113 Å². The summed E-state index contributed by atoms with van der Waals surface area (Å²) in [6, 6.07) is 9.75. The van der Waals surface area contributed by atoms with Crippen molar-refractivity contribution in [3.63, 3.8) is 0 Å². The number of hydrogen-bond acceptors (Lipinski definition) is 1. The Hall–Kier alpha value is -0.820. The molecule has 1 heteroatoms. The Morgan fingerprint density at radius 1 is 1.11 bits per heavy atom. The molecule has 1 aromatic carbocycles. The quantitative estimate of drug-likeness (QED) is 0.790. The van der Waals surface area contributed by atoms with Crippen LogP contribution in [0.4, 0.5) is 0 Å². The van der Waals surface area contributed by atoms with E-state index in [1.807, 2.05) is 0 Å². The van der Waals surface area contributed by atoms with Gasteiger partial charge in [0.1, 0.15) is 0 Å². The van der Waals surface area contributed by atoms with E-state index in [1.165, 1.54) is 30.4 Å². The van der Waals surface area contributed by atoms with Crippen LogP contribution in [-0.2, 0) is 11.8 Å². The first-order chi connectivity index (χ1) is 8.47. The van der Waals surface area contributed by atoms with E-state index in [9.17, 15) is 0 Å². The minimum absolute atomic E-state index is 0.253. The molecule has 1 atom stereocenters. The van der Waals surface area contributed by atoms with Crippen molar-refractivity contribution in [2.75, 3.05) is 7.05 Å². The Kier molecular flexibility index (Phi) is 5.87. The van der Waals surface area contributed by atoms with Crippen LogP contribution in [0.25, 0.3) is 0 Å². The van der Waals surface area contributed by atoms with Gasteiger partial charge in [-0.05, 0) is 36.4 Å². The van der Waals surface area contributed by atoms with Crippen molar-refractivity contribution in [2.24, 2.45) is 0 Å². The normalized spacial score (nSPS) is 13.6. The SMILES string of the molecule is CCCCC(Cc1ccc(C(C)(C)C)cc1)NC. The number of hydrogen-bond donors (Lipinski definition) is 1. The molecule has 0 saturated carbocycles. The molecule has 0 aromatic heterocycles. The van der Waals surface area contributed by atoms with Gasteiger partial charge >= 0.3 is 0 Å². The van der Waals surface area contributed by atoms with Crippen LogP contribution in [0, 0.1) is 0 Å². The van der Waals surface area contributed by atoms with Crippen molar-refractivity contribution in [3.8, 4) is 0 Å². The fraction of sp³-hybridized carbons (Fsp3) is 0.647. The van der Waals surface area contributed by atoms with Crippen LogP contribution in [0.3, 0.4) is 0 Å². The van der Waals surface area contributed by atoms with Crippen LogP contribution in [-0.4, -0.2) is 13.1 Å². The van der Waals surface area contributed by atoms with Crippen LogP contribution in [0.2, 0.25) is 0 Å². The van der Waals surface area contributed by atoms with Gasteiger partial charge in [0.05, 0.1) is 0 Å². The fourth-order valence-corrected chi connectivity index (χ4v) is 2.22. The van der Waals surface area contributed by atoms with Crippen molar-refractivity contribution >= 4 is 0 Å². The second-order valence-electron chi connectivity index (χ2n) is 6.28. The molecule has 0 fully saturated rings. The average molecular weight is 247 g/mol. The maximum absolute atomic E-state index is 3.43. The smallest absolute Gasteiger partial charge is 0.0104 e. The zero-order valence-electron chi connectivity index (χ0n) is 12.7. The third kappa shape index (κ3) is 4.81. The van der Waals surface area contributed by atoms with Gasteiger partial charge in [-0.15, -0.1) is 0 Å². The van der Waals surface area contributed by atoms with E-state index in [0.717, 1.165) is 6.42 Å². The summed E-state index contributed by atoms with van der Waals surface area (Å²) < 4.78 is 0. The largest absolute Gasteiger partial charge is 0.317 e. The second kappa shape index (κ2) is 6.94. The predicted octanol–water partition coefficient (Wildman–Crippen LogP) is 4.30. The van der Waals surface area contributed by atoms with Gasteiger partial charge in [0.2, 0.25) is 0 Å². The third-order valence-corrected chi connectivity index (χ3v) is 3.62. The Morgan fingerprint density at radius 3 is 2.17 bits per heavy atom. The molecule has 1 nitrogen and oxygen atoms in total. The maximum Gasteiger partial charge on any atom is 0.0104 e. The molecule has 18 heavy (non-hydrogen) atoms. The molecule has 0 spiro atoms. The molecule has 0 aliphatic carbocycles. The lowest BCUT2D eigenvalue weighted by Gasteiger charge is -2.20. The highest BCUT2D eigenvalue weighted by Crippen LogP contribution is 2.22. The van der Waals surface area contributed by atoms with Crippen molar-refractivity contribution < 1.29 is 0 Å². The second-order valence-corrected chi connectivity index (χ2v) is 6.28. The van der Waals surface area contributed by atoms with E-state index in [2.05, 4.69) is 64.3 Å². The summed E-state index contributed by atoms with van der Waals surface area (Å²) in [5, 5.41) is 3.43. The van der Waals surface area contributed by atoms with Gasteiger partial charge in [-0.2, -0.15) is 0 Å². The van der Waals surface area contributed by atoms with E-state index in [1.54, 1.807) is 0 Å². The van der Waals surface area contributed by atoms with E-state index < -0.39 is 0 Å². The number of nitrogens with one attached hydrogen (secondary N) is 1. The molecule has 0 aliphatic heterocycles. The zero-order chi connectivity index (χ0) is 13.6. The van der Waals surface area contributed by atoms with Crippen LogP contribution >= 0.6 is 0 Å². The number of likely N-dealkylation sites (N-methyl/N-ethyl adjacent to an activating group) is 1. The summed E-state index contributed by atoms with van der Waals surface area (Å²) >= 11 is 0. The Balaban J connectivity index is 2.62. The van der Waals surface area contributed by atoms with Gasteiger partial charge in [-0.1, -0.05) is 64.8 Å². The lowest BCUT2D eigenvalue weighted by atomic mass is 9.86. The van der Waals surface area contributed by atoms with Crippen molar-refractivity contribution in [1.29, 1.82) is 0 Å². The third-order valence-electron chi connectivity index (χ3n) is 3.62. The molecule has 0 amide bonds.